The maximum Gasteiger partial charge on any atom is 0.239 e. The predicted octanol–water partition coefficient (Wildman–Crippen LogP) is 2.99. The van der Waals surface area contributed by atoms with Crippen LogP contribution in [0.3, 0.4) is 0 Å². The number of rotatable bonds is 6. The van der Waals surface area contributed by atoms with E-state index in [0.717, 1.165) is 38.3 Å². The van der Waals surface area contributed by atoms with Gasteiger partial charge < -0.3 is 4.90 Å². The van der Waals surface area contributed by atoms with Crippen molar-refractivity contribution in [1.82, 2.24) is 14.7 Å². The van der Waals surface area contributed by atoms with Crippen molar-refractivity contribution in [3.8, 4) is 0 Å². The summed E-state index contributed by atoms with van der Waals surface area (Å²) in [6.07, 6.45) is 0. The summed E-state index contributed by atoms with van der Waals surface area (Å²) in [4.78, 5) is 19.1. The number of amides is 1. The summed E-state index contributed by atoms with van der Waals surface area (Å²) in [6.45, 7) is 7.03. The molecule has 1 saturated heterocycles. The molecule has 0 spiro atoms. The molecule has 2 aromatic rings. The summed E-state index contributed by atoms with van der Waals surface area (Å²) in [5, 5.41) is 0. The molecule has 0 N–H and O–H groups in total. The van der Waals surface area contributed by atoms with Crippen molar-refractivity contribution in [2.24, 2.45) is 0 Å². The summed E-state index contributed by atoms with van der Waals surface area (Å²) in [7, 11) is 1.79. The Morgan fingerprint density at radius 3 is 2.37 bits per heavy atom. The van der Waals surface area contributed by atoms with E-state index in [2.05, 4.69) is 34.1 Å². The Hall–Kier alpha value is -2.24. The first kappa shape index (κ1) is 19.5. The summed E-state index contributed by atoms with van der Waals surface area (Å²) in [6, 6.07) is 16.7. The fraction of sp³-hybridized carbons (Fsp3) is 0.409. The van der Waals surface area contributed by atoms with E-state index < -0.39 is 0 Å². The third-order valence-electron chi connectivity index (χ3n) is 5.25. The van der Waals surface area contributed by atoms with Crippen LogP contribution in [0.25, 0.3) is 0 Å². The van der Waals surface area contributed by atoms with E-state index in [9.17, 15) is 9.18 Å². The average Bonchev–Trinajstić information content (AvgIpc) is 2.68. The number of carbonyl (C=O) groups excluding carboxylic acids is 1. The lowest BCUT2D eigenvalue weighted by atomic mass is 10.1. The molecule has 0 aromatic heterocycles. The largest absolute Gasteiger partial charge is 0.340 e. The van der Waals surface area contributed by atoms with Crippen LogP contribution >= 0.6 is 0 Å². The molecule has 0 bridgehead atoms. The smallest absolute Gasteiger partial charge is 0.239 e. The van der Waals surface area contributed by atoms with Crippen molar-refractivity contribution in [1.29, 1.82) is 0 Å². The Bertz CT molecular complexity index is 744. The number of halogens is 1. The predicted molar refractivity (Wildman–Crippen MR) is 106 cm³/mol. The molecular weight excluding hydrogens is 341 g/mol. The van der Waals surface area contributed by atoms with Crippen LogP contribution in [0.2, 0.25) is 0 Å². The minimum absolute atomic E-state index is 0.0794. The molecule has 0 aliphatic carbocycles. The maximum atomic E-state index is 13.3. The van der Waals surface area contributed by atoms with Crippen LogP contribution < -0.4 is 0 Å². The molecule has 1 aliphatic rings. The highest BCUT2D eigenvalue weighted by Gasteiger charge is 2.27. The lowest BCUT2D eigenvalue weighted by molar-refractivity contribution is -0.136. The second-order valence-corrected chi connectivity index (χ2v) is 7.30. The van der Waals surface area contributed by atoms with Gasteiger partial charge in [-0.2, -0.15) is 0 Å². The van der Waals surface area contributed by atoms with E-state index in [-0.39, 0.29) is 17.8 Å². The molecule has 0 radical (unpaired) electrons. The molecule has 144 valence electrons. The molecule has 1 aliphatic heterocycles. The highest BCUT2D eigenvalue weighted by Crippen LogP contribution is 2.13. The Balaban J connectivity index is 1.49. The van der Waals surface area contributed by atoms with Crippen molar-refractivity contribution >= 4 is 5.91 Å². The zero-order chi connectivity index (χ0) is 19.2. The van der Waals surface area contributed by atoms with Gasteiger partial charge in [-0.25, -0.2) is 4.39 Å². The summed E-state index contributed by atoms with van der Waals surface area (Å²) < 4.78 is 13.3. The highest BCUT2D eigenvalue weighted by molar-refractivity contribution is 5.81. The molecule has 1 unspecified atom stereocenters. The van der Waals surface area contributed by atoms with E-state index in [1.165, 1.54) is 17.7 Å². The van der Waals surface area contributed by atoms with E-state index in [1.807, 2.05) is 19.1 Å². The molecule has 27 heavy (non-hydrogen) atoms. The van der Waals surface area contributed by atoms with Gasteiger partial charge in [0.1, 0.15) is 5.82 Å². The lowest BCUT2D eigenvalue weighted by Crippen LogP contribution is -2.53. The second kappa shape index (κ2) is 9.11. The third-order valence-corrected chi connectivity index (χ3v) is 5.25. The molecule has 1 amide bonds. The average molecular weight is 369 g/mol. The minimum Gasteiger partial charge on any atom is -0.340 e. The first-order chi connectivity index (χ1) is 13.0. The fourth-order valence-electron chi connectivity index (χ4n) is 3.61. The normalized spacial score (nSPS) is 16.9. The topological polar surface area (TPSA) is 26.8 Å². The highest BCUT2D eigenvalue weighted by atomic mass is 19.1. The van der Waals surface area contributed by atoms with Crippen LogP contribution in [-0.4, -0.2) is 59.9 Å². The van der Waals surface area contributed by atoms with Gasteiger partial charge in [-0.15, -0.1) is 0 Å². The summed E-state index contributed by atoms with van der Waals surface area (Å²) >= 11 is 0. The maximum absolute atomic E-state index is 13.3. The molecule has 1 fully saturated rings. The van der Waals surface area contributed by atoms with Crippen molar-refractivity contribution in [3.63, 3.8) is 0 Å². The van der Waals surface area contributed by atoms with E-state index in [4.69, 9.17) is 0 Å². The zero-order valence-corrected chi connectivity index (χ0v) is 16.1. The number of nitrogens with zero attached hydrogens (tertiary/aromatic N) is 3. The summed E-state index contributed by atoms with van der Waals surface area (Å²) in [5.74, 6) is -0.188. The molecule has 1 atom stereocenters. The van der Waals surface area contributed by atoms with Gasteiger partial charge in [0.25, 0.3) is 0 Å². The first-order valence-corrected chi connectivity index (χ1v) is 9.52. The molecule has 4 nitrogen and oxygen atoms in total. The molecule has 0 saturated carbocycles. The number of carbonyl (C=O) groups is 1. The van der Waals surface area contributed by atoms with Crippen LogP contribution in [0.15, 0.2) is 54.6 Å². The molecular formula is C22H28FN3O. The lowest BCUT2D eigenvalue weighted by Gasteiger charge is -2.38. The van der Waals surface area contributed by atoms with Gasteiger partial charge >= 0.3 is 0 Å². The third kappa shape index (κ3) is 5.37. The van der Waals surface area contributed by atoms with Crippen molar-refractivity contribution in [3.05, 3.63) is 71.5 Å². The van der Waals surface area contributed by atoms with Crippen molar-refractivity contribution in [2.45, 2.75) is 26.1 Å². The number of hydrogen-bond acceptors (Lipinski definition) is 3. The van der Waals surface area contributed by atoms with Gasteiger partial charge in [-0.05, 0) is 30.2 Å². The van der Waals surface area contributed by atoms with E-state index >= 15 is 0 Å². The monoisotopic (exact) mass is 369 g/mol. The Kier molecular flexibility index (Phi) is 6.58. The molecule has 5 heteroatoms. The van der Waals surface area contributed by atoms with Crippen molar-refractivity contribution in [2.75, 3.05) is 33.2 Å². The standard InChI is InChI=1S/C22H28FN3O/c1-18(22(27)24(2)16-20-9-6-10-21(23)15-20)26-13-11-25(12-14-26)17-19-7-4-3-5-8-19/h3-10,15,18H,11-14,16-17H2,1-2H3. The van der Waals surface area contributed by atoms with E-state index in [1.54, 1.807) is 18.0 Å². The van der Waals surface area contributed by atoms with Gasteiger partial charge in [-0.1, -0.05) is 42.5 Å². The van der Waals surface area contributed by atoms with Gasteiger partial charge in [0.2, 0.25) is 5.91 Å². The SMILES string of the molecule is CC(C(=O)N(C)Cc1cccc(F)c1)N1CCN(Cc2ccccc2)CC1. The number of piperazine rings is 1. The van der Waals surface area contributed by atoms with Crippen LogP contribution in [0.1, 0.15) is 18.1 Å². The Morgan fingerprint density at radius 2 is 1.70 bits per heavy atom. The Morgan fingerprint density at radius 1 is 1.04 bits per heavy atom. The number of likely N-dealkylation sites (N-methyl/N-ethyl adjacent to an activating group) is 1. The van der Waals surface area contributed by atoms with Crippen LogP contribution in [0, 0.1) is 5.82 Å². The van der Waals surface area contributed by atoms with E-state index in [0.29, 0.717) is 6.54 Å². The van der Waals surface area contributed by atoms with Crippen LogP contribution in [0.5, 0.6) is 0 Å². The van der Waals surface area contributed by atoms with Gasteiger partial charge in [0.15, 0.2) is 0 Å². The first-order valence-electron chi connectivity index (χ1n) is 9.52. The van der Waals surface area contributed by atoms with Crippen molar-refractivity contribution < 1.29 is 9.18 Å². The quantitative estimate of drug-likeness (QED) is 0.783. The zero-order valence-electron chi connectivity index (χ0n) is 16.1. The fourth-order valence-corrected chi connectivity index (χ4v) is 3.61. The summed E-state index contributed by atoms with van der Waals surface area (Å²) in [5.41, 5.74) is 2.13. The second-order valence-electron chi connectivity index (χ2n) is 7.30. The van der Waals surface area contributed by atoms with Gasteiger partial charge in [0.05, 0.1) is 6.04 Å². The van der Waals surface area contributed by atoms with Crippen LogP contribution in [-0.2, 0) is 17.9 Å². The molecule has 3 rings (SSSR count). The number of hydrogen-bond donors (Lipinski definition) is 0. The molecule has 2 aromatic carbocycles. The van der Waals surface area contributed by atoms with Gasteiger partial charge in [-0.3, -0.25) is 14.6 Å². The Labute approximate surface area is 161 Å². The van der Waals surface area contributed by atoms with Gasteiger partial charge in [0, 0.05) is 46.3 Å². The molecule has 1 heterocycles. The number of benzene rings is 2. The van der Waals surface area contributed by atoms with Crippen LogP contribution in [0.4, 0.5) is 4.39 Å². The minimum atomic E-state index is -0.268.